The van der Waals surface area contributed by atoms with E-state index in [1.165, 1.54) is 0 Å². The number of carbonyl (C=O) groups is 1. The number of alkyl carbamates (subject to hydrolysis) is 1. The zero-order valence-corrected chi connectivity index (χ0v) is 12.2. The van der Waals surface area contributed by atoms with Crippen LogP contribution in [0.3, 0.4) is 0 Å². The molecule has 0 fully saturated rings. The van der Waals surface area contributed by atoms with Crippen molar-refractivity contribution in [1.82, 2.24) is 5.32 Å². The van der Waals surface area contributed by atoms with Gasteiger partial charge in [0.2, 0.25) is 0 Å². The van der Waals surface area contributed by atoms with Crippen LogP contribution in [0.15, 0.2) is 12.7 Å². The molecule has 0 aromatic rings. The molecule has 0 aromatic carbocycles. The van der Waals surface area contributed by atoms with Gasteiger partial charge >= 0.3 is 6.09 Å². The molecule has 0 aliphatic rings. The van der Waals surface area contributed by atoms with Gasteiger partial charge in [-0.15, -0.1) is 6.58 Å². The number of carbonyl (C=O) groups excluding carboxylic acids is 1. The Morgan fingerprint density at radius 1 is 1.39 bits per heavy atom. The minimum atomic E-state index is -0.532. The molecule has 0 saturated carbocycles. The van der Waals surface area contributed by atoms with Crippen molar-refractivity contribution in [3.8, 4) is 0 Å². The van der Waals surface area contributed by atoms with Crippen LogP contribution in [-0.2, 0) is 4.74 Å². The number of amides is 1. The quantitative estimate of drug-likeness (QED) is 0.719. The monoisotopic (exact) mass is 257 g/mol. The van der Waals surface area contributed by atoms with E-state index >= 15 is 0 Å². The van der Waals surface area contributed by atoms with Gasteiger partial charge in [-0.25, -0.2) is 4.79 Å². The second-order valence-corrected chi connectivity index (χ2v) is 6.20. The van der Waals surface area contributed by atoms with Gasteiger partial charge in [-0.1, -0.05) is 19.9 Å². The van der Waals surface area contributed by atoms with Crippen molar-refractivity contribution in [1.29, 1.82) is 0 Å². The van der Waals surface area contributed by atoms with E-state index in [-0.39, 0.29) is 18.1 Å². The maximum absolute atomic E-state index is 11.7. The summed E-state index contributed by atoms with van der Waals surface area (Å²) in [6, 6.07) is -0.327. The zero-order chi connectivity index (χ0) is 14.4. The summed E-state index contributed by atoms with van der Waals surface area (Å²) >= 11 is 0. The molecule has 0 heterocycles. The Morgan fingerprint density at radius 3 is 2.33 bits per heavy atom. The van der Waals surface area contributed by atoms with E-state index in [1.54, 1.807) is 0 Å². The average molecular weight is 257 g/mol. The lowest BCUT2D eigenvalue weighted by Crippen LogP contribution is -2.49. The number of allylic oxidation sites excluding steroid dienone is 1. The Hall–Kier alpha value is -1.03. The predicted octanol–water partition coefficient (Wildman–Crippen LogP) is 2.86. The number of aliphatic hydroxyl groups is 1. The molecule has 18 heavy (non-hydrogen) atoms. The Bertz CT molecular complexity index is 279. The molecule has 0 aliphatic heterocycles. The van der Waals surface area contributed by atoms with E-state index in [4.69, 9.17) is 4.74 Å². The molecular weight excluding hydrogens is 230 g/mol. The molecule has 2 N–H and O–H groups in total. The third-order valence-corrected chi connectivity index (χ3v) is 2.81. The predicted molar refractivity (Wildman–Crippen MR) is 73.5 cm³/mol. The van der Waals surface area contributed by atoms with Crippen LogP contribution < -0.4 is 5.32 Å². The SMILES string of the molecule is C=CCCC(C)(C)[C@@H](CO)NC(=O)OC(C)(C)C. The summed E-state index contributed by atoms with van der Waals surface area (Å²) in [4.78, 5) is 11.7. The Kier molecular flexibility index (Phi) is 6.39. The maximum Gasteiger partial charge on any atom is 0.407 e. The zero-order valence-electron chi connectivity index (χ0n) is 12.2. The third kappa shape index (κ3) is 6.64. The summed E-state index contributed by atoms with van der Waals surface area (Å²) in [5, 5.41) is 12.1. The van der Waals surface area contributed by atoms with Gasteiger partial charge in [-0.05, 0) is 39.0 Å². The van der Waals surface area contributed by atoms with E-state index < -0.39 is 11.7 Å². The van der Waals surface area contributed by atoms with Gasteiger partial charge in [0.05, 0.1) is 12.6 Å². The fourth-order valence-electron chi connectivity index (χ4n) is 1.59. The van der Waals surface area contributed by atoms with Crippen LogP contribution in [0, 0.1) is 5.41 Å². The first-order valence-corrected chi connectivity index (χ1v) is 6.33. The molecule has 0 rings (SSSR count). The van der Waals surface area contributed by atoms with Crippen molar-refractivity contribution >= 4 is 6.09 Å². The summed E-state index contributed by atoms with van der Waals surface area (Å²) in [5.74, 6) is 0. The summed E-state index contributed by atoms with van der Waals surface area (Å²) in [6.07, 6.45) is 3.04. The molecule has 0 aliphatic carbocycles. The summed E-state index contributed by atoms with van der Waals surface area (Å²) in [5.41, 5.74) is -0.741. The highest BCUT2D eigenvalue weighted by molar-refractivity contribution is 5.68. The molecule has 106 valence electrons. The van der Waals surface area contributed by atoms with Crippen molar-refractivity contribution < 1.29 is 14.6 Å². The van der Waals surface area contributed by atoms with E-state index in [2.05, 4.69) is 11.9 Å². The topological polar surface area (TPSA) is 58.6 Å². The Labute approximate surface area is 110 Å². The minimum absolute atomic E-state index is 0.108. The number of hydrogen-bond donors (Lipinski definition) is 2. The van der Waals surface area contributed by atoms with Crippen LogP contribution in [0.1, 0.15) is 47.5 Å². The van der Waals surface area contributed by atoms with Gasteiger partial charge < -0.3 is 15.2 Å². The summed E-state index contributed by atoms with van der Waals surface area (Å²) < 4.78 is 5.19. The smallest absolute Gasteiger partial charge is 0.407 e. The molecule has 0 radical (unpaired) electrons. The molecule has 0 spiro atoms. The third-order valence-electron chi connectivity index (χ3n) is 2.81. The fraction of sp³-hybridized carbons (Fsp3) is 0.786. The van der Waals surface area contributed by atoms with Gasteiger partial charge in [0.25, 0.3) is 0 Å². The van der Waals surface area contributed by atoms with Gasteiger partial charge in [0, 0.05) is 0 Å². The van der Waals surface area contributed by atoms with Crippen molar-refractivity contribution in [2.45, 2.75) is 59.1 Å². The van der Waals surface area contributed by atoms with Crippen LogP contribution in [0.5, 0.6) is 0 Å². The normalized spacial score (nSPS) is 13.9. The highest BCUT2D eigenvalue weighted by Gasteiger charge is 2.31. The molecule has 4 nitrogen and oxygen atoms in total. The first kappa shape index (κ1) is 17.0. The number of ether oxygens (including phenoxy) is 1. The van der Waals surface area contributed by atoms with E-state index in [0.717, 1.165) is 12.8 Å². The highest BCUT2D eigenvalue weighted by Crippen LogP contribution is 2.27. The Morgan fingerprint density at radius 2 is 1.94 bits per heavy atom. The fourth-order valence-corrected chi connectivity index (χ4v) is 1.59. The van der Waals surface area contributed by atoms with Crippen molar-refractivity contribution in [3.63, 3.8) is 0 Å². The van der Waals surface area contributed by atoms with Crippen LogP contribution in [0.4, 0.5) is 4.79 Å². The standard InChI is InChI=1S/C14H27NO3/c1-7-8-9-14(5,6)11(10-16)15-12(17)18-13(2,3)4/h7,11,16H,1,8-10H2,2-6H3,(H,15,17)/t11-/m1/s1. The van der Waals surface area contributed by atoms with E-state index in [0.29, 0.717) is 0 Å². The highest BCUT2D eigenvalue weighted by atomic mass is 16.6. The van der Waals surface area contributed by atoms with Crippen LogP contribution in [0.25, 0.3) is 0 Å². The van der Waals surface area contributed by atoms with Crippen LogP contribution >= 0.6 is 0 Å². The molecular formula is C14H27NO3. The molecule has 0 bridgehead atoms. The molecule has 0 aromatic heterocycles. The van der Waals surface area contributed by atoms with Crippen molar-refractivity contribution in [2.24, 2.45) is 5.41 Å². The Balaban J connectivity index is 4.50. The number of nitrogens with one attached hydrogen (secondary N) is 1. The summed E-state index contributed by atoms with van der Waals surface area (Å²) in [6.45, 7) is 13.0. The lowest BCUT2D eigenvalue weighted by molar-refractivity contribution is 0.0399. The first-order chi connectivity index (χ1) is 8.12. The largest absolute Gasteiger partial charge is 0.444 e. The average Bonchev–Trinajstić information content (AvgIpc) is 2.20. The second-order valence-electron chi connectivity index (χ2n) is 6.20. The van der Waals surface area contributed by atoms with Gasteiger partial charge in [0.15, 0.2) is 0 Å². The van der Waals surface area contributed by atoms with Crippen LogP contribution in [-0.4, -0.2) is 29.4 Å². The maximum atomic E-state index is 11.7. The molecule has 4 heteroatoms. The number of hydrogen-bond acceptors (Lipinski definition) is 3. The van der Waals surface area contributed by atoms with Gasteiger partial charge in [0.1, 0.15) is 5.60 Å². The van der Waals surface area contributed by atoms with E-state index in [9.17, 15) is 9.90 Å². The van der Waals surface area contributed by atoms with Crippen molar-refractivity contribution in [3.05, 3.63) is 12.7 Å². The van der Waals surface area contributed by atoms with Gasteiger partial charge in [-0.2, -0.15) is 0 Å². The number of aliphatic hydroxyl groups excluding tert-OH is 1. The minimum Gasteiger partial charge on any atom is -0.444 e. The molecule has 1 amide bonds. The summed E-state index contributed by atoms with van der Waals surface area (Å²) in [7, 11) is 0. The lowest BCUT2D eigenvalue weighted by Gasteiger charge is -2.34. The molecule has 1 atom stereocenters. The second kappa shape index (κ2) is 6.78. The lowest BCUT2D eigenvalue weighted by atomic mass is 9.80. The van der Waals surface area contributed by atoms with Crippen LogP contribution in [0.2, 0.25) is 0 Å². The van der Waals surface area contributed by atoms with Crippen molar-refractivity contribution in [2.75, 3.05) is 6.61 Å². The first-order valence-electron chi connectivity index (χ1n) is 6.33. The number of rotatable bonds is 6. The molecule has 0 unspecified atom stereocenters. The van der Waals surface area contributed by atoms with Gasteiger partial charge in [-0.3, -0.25) is 0 Å². The molecule has 0 saturated heterocycles. The van der Waals surface area contributed by atoms with E-state index in [1.807, 2.05) is 40.7 Å².